The Bertz CT molecular complexity index is 1200. The summed E-state index contributed by atoms with van der Waals surface area (Å²) < 4.78 is 32.8. The third-order valence-electron chi connectivity index (χ3n) is 5.40. The Balaban J connectivity index is 1.71. The van der Waals surface area contributed by atoms with E-state index in [0.717, 1.165) is 5.69 Å². The summed E-state index contributed by atoms with van der Waals surface area (Å²) in [5, 5.41) is 5.44. The van der Waals surface area contributed by atoms with Crippen LogP contribution in [0.5, 0.6) is 0 Å². The van der Waals surface area contributed by atoms with Crippen LogP contribution in [0.15, 0.2) is 28.0 Å². The predicted octanol–water partition coefficient (Wildman–Crippen LogP) is 5.16. The van der Waals surface area contributed by atoms with Gasteiger partial charge >= 0.3 is 0 Å². The number of rotatable bonds is 6. The van der Waals surface area contributed by atoms with E-state index in [4.69, 9.17) is 10.2 Å². The van der Waals surface area contributed by atoms with Crippen molar-refractivity contribution < 1.29 is 13.2 Å². The minimum Gasteiger partial charge on any atom is -0.456 e. The molecular formula is C24H23F2N3OS. The molecule has 0 saturated heterocycles. The van der Waals surface area contributed by atoms with Gasteiger partial charge in [-0.15, -0.1) is 17.3 Å². The lowest BCUT2D eigenvalue weighted by molar-refractivity contribution is -0.116. The Morgan fingerprint density at radius 2 is 2.10 bits per heavy atom. The van der Waals surface area contributed by atoms with Crippen molar-refractivity contribution in [1.29, 1.82) is 0 Å². The molecule has 3 aromatic heterocycles. The number of hydrogen-bond acceptors (Lipinski definition) is 5. The molecule has 3 aromatic rings. The molecule has 0 amide bonds. The first-order valence-electron chi connectivity index (χ1n) is 10.1. The van der Waals surface area contributed by atoms with Crippen molar-refractivity contribution in [2.45, 2.75) is 51.6 Å². The van der Waals surface area contributed by atoms with Crippen LogP contribution < -0.4 is 11.1 Å². The Hall–Kier alpha value is -2.87. The van der Waals surface area contributed by atoms with Gasteiger partial charge in [0.25, 0.3) is 0 Å². The smallest absolute Gasteiger partial charge is 0.248 e. The number of halogens is 2. The number of nitrogens with two attached hydrogens (primary N) is 1. The Labute approximate surface area is 184 Å². The molecule has 3 heterocycles. The van der Waals surface area contributed by atoms with Crippen LogP contribution in [0.1, 0.15) is 48.6 Å². The van der Waals surface area contributed by atoms with Crippen LogP contribution in [-0.2, 0) is 13.0 Å². The Morgan fingerprint density at radius 1 is 1.32 bits per heavy atom. The molecule has 0 radical (unpaired) electrons. The minimum absolute atomic E-state index is 0.175. The number of pyridine rings is 1. The van der Waals surface area contributed by atoms with Crippen LogP contribution in [0.25, 0.3) is 11.1 Å². The first-order chi connectivity index (χ1) is 14.9. The van der Waals surface area contributed by atoms with Crippen LogP contribution in [0.4, 0.5) is 14.5 Å². The SMILES string of the molecule is CC#Cc1cc(NCc2cccs2)c2oc(C[C@@H](N)C3CC(F)(F)C3)c(C#CC)c2n1. The molecule has 0 spiro atoms. The standard InChI is InChI=1S/C24H23F2N3OS/c1-3-6-16-10-20(28-14-17-8-5-9-31-17)23-22(29-16)18(7-4-2)21(30-23)11-19(27)15-12-24(25,26)13-15/h5,8-10,15,19H,11-14,27H2,1-2H3,(H,28,29)/t19-/m1/s1. The first-order valence-corrected chi connectivity index (χ1v) is 11.0. The molecule has 1 fully saturated rings. The summed E-state index contributed by atoms with van der Waals surface area (Å²) in [5.41, 5.74) is 9.48. The molecule has 1 aliphatic carbocycles. The fraction of sp³-hybridized carbons (Fsp3) is 0.375. The molecule has 3 N–H and O–H groups in total. The summed E-state index contributed by atoms with van der Waals surface area (Å²) >= 11 is 1.66. The van der Waals surface area contributed by atoms with Crippen LogP contribution in [0.3, 0.4) is 0 Å². The second kappa shape index (κ2) is 8.70. The molecule has 31 heavy (non-hydrogen) atoms. The zero-order valence-corrected chi connectivity index (χ0v) is 18.2. The third-order valence-corrected chi connectivity index (χ3v) is 6.27. The number of hydrogen-bond donors (Lipinski definition) is 2. The van der Waals surface area contributed by atoms with Gasteiger partial charge in [0.2, 0.25) is 5.92 Å². The highest BCUT2D eigenvalue weighted by atomic mass is 32.1. The van der Waals surface area contributed by atoms with Gasteiger partial charge < -0.3 is 15.5 Å². The number of thiophene rings is 1. The van der Waals surface area contributed by atoms with E-state index in [1.165, 1.54) is 4.88 Å². The van der Waals surface area contributed by atoms with E-state index >= 15 is 0 Å². The molecule has 0 unspecified atom stereocenters. The van der Waals surface area contributed by atoms with E-state index in [1.807, 2.05) is 17.5 Å². The number of fused-ring (bicyclic) bond motifs is 1. The van der Waals surface area contributed by atoms with Gasteiger partial charge in [-0.05, 0) is 43.2 Å². The van der Waals surface area contributed by atoms with Crippen molar-refractivity contribution >= 4 is 28.1 Å². The van der Waals surface area contributed by atoms with E-state index in [-0.39, 0.29) is 18.8 Å². The highest BCUT2D eigenvalue weighted by Gasteiger charge is 2.47. The molecule has 4 rings (SSSR count). The number of aromatic nitrogens is 1. The number of nitrogens with one attached hydrogen (secondary N) is 1. The van der Waals surface area contributed by atoms with Gasteiger partial charge in [-0.3, -0.25) is 0 Å². The molecule has 0 aromatic carbocycles. The number of nitrogens with zero attached hydrogens (tertiary/aromatic N) is 1. The van der Waals surface area contributed by atoms with Crippen molar-refractivity contribution in [2.24, 2.45) is 11.7 Å². The lowest BCUT2D eigenvalue weighted by atomic mass is 9.75. The zero-order valence-electron chi connectivity index (χ0n) is 17.4. The molecule has 0 bridgehead atoms. The van der Waals surface area contributed by atoms with E-state index in [0.29, 0.717) is 41.1 Å². The maximum absolute atomic E-state index is 13.3. The van der Waals surface area contributed by atoms with Crippen LogP contribution in [-0.4, -0.2) is 16.9 Å². The normalized spacial score (nSPS) is 16.0. The van der Waals surface area contributed by atoms with Crippen molar-refractivity contribution in [3.8, 4) is 23.7 Å². The van der Waals surface area contributed by atoms with Gasteiger partial charge in [0, 0.05) is 36.7 Å². The largest absolute Gasteiger partial charge is 0.456 e. The first kappa shape index (κ1) is 21.4. The lowest BCUT2D eigenvalue weighted by Crippen LogP contribution is -2.46. The fourth-order valence-corrected chi connectivity index (χ4v) is 4.46. The average molecular weight is 440 g/mol. The van der Waals surface area contributed by atoms with Gasteiger partial charge in [-0.2, -0.15) is 0 Å². The maximum Gasteiger partial charge on any atom is 0.248 e. The van der Waals surface area contributed by atoms with E-state index < -0.39 is 12.0 Å². The van der Waals surface area contributed by atoms with Crippen LogP contribution >= 0.6 is 11.3 Å². The fourth-order valence-electron chi connectivity index (χ4n) is 3.82. The number of alkyl halides is 2. The third kappa shape index (κ3) is 4.58. The van der Waals surface area contributed by atoms with Gasteiger partial charge in [-0.25, -0.2) is 13.8 Å². The topological polar surface area (TPSA) is 64.1 Å². The van der Waals surface area contributed by atoms with Gasteiger partial charge in [0.1, 0.15) is 17.0 Å². The van der Waals surface area contributed by atoms with Crippen molar-refractivity contribution in [3.63, 3.8) is 0 Å². The quantitative estimate of drug-likeness (QED) is 0.521. The molecule has 160 valence electrons. The molecular weight excluding hydrogens is 416 g/mol. The van der Waals surface area contributed by atoms with Gasteiger partial charge in [0.05, 0.1) is 11.3 Å². The Morgan fingerprint density at radius 3 is 2.74 bits per heavy atom. The predicted molar refractivity (Wildman–Crippen MR) is 120 cm³/mol. The van der Waals surface area contributed by atoms with Gasteiger partial charge in [0.15, 0.2) is 5.58 Å². The monoisotopic (exact) mass is 439 g/mol. The summed E-state index contributed by atoms with van der Waals surface area (Å²) in [6.07, 6.45) is -0.0170. The van der Waals surface area contributed by atoms with Crippen molar-refractivity contribution in [3.05, 3.63) is 45.5 Å². The van der Waals surface area contributed by atoms with E-state index in [9.17, 15) is 8.78 Å². The van der Waals surface area contributed by atoms with Crippen LogP contribution in [0.2, 0.25) is 0 Å². The van der Waals surface area contributed by atoms with Crippen molar-refractivity contribution in [1.82, 2.24) is 4.98 Å². The summed E-state index contributed by atoms with van der Waals surface area (Å²) in [6.45, 7) is 4.13. The molecule has 7 heteroatoms. The molecule has 1 saturated carbocycles. The number of anilines is 1. The highest BCUT2D eigenvalue weighted by molar-refractivity contribution is 7.09. The summed E-state index contributed by atoms with van der Waals surface area (Å²) in [5.74, 6) is 9.62. The molecule has 4 nitrogen and oxygen atoms in total. The maximum atomic E-state index is 13.3. The summed E-state index contributed by atoms with van der Waals surface area (Å²) in [7, 11) is 0. The second-order valence-corrected chi connectivity index (χ2v) is 8.74. The summed E-state index contributed by atoms with van der Waals surface area (Å²) in [6, 6.07) is 5.49. The van der Waals surface area contributed by atoms with E-state index in [2.05, 4.69) is 40.0 Å². The van der Waals surface area contributed by atoms with Crippen LogP contribution in [0, 0.1) is 29.6 Å². The second-order valence-electron chi connectivity index (χ2n) is 7.71. The zero-order chi connectivity index (χ0) is 22.0. The highest BCUT2D eigenvalue weighted by Crippen LogP contribution is 2.44. The lowest BCUT2D eigenvalue weighted by Gasteiger charge is -2.38. The summed E-state index contributed by atoms with van der Waals surface area (Å²) in [4.78, 5) is 5.83. The average Bonchev–Trinajstić information content (AvgIpc) is 3.34. The van der Waals surface area contributed by atoms with Gasteiger partial charge in [-0.1, -0.05) is 17.9 Å². The van der Waals surface area contributed by atoms with Crippen molar-refractivity contribution in [2.75, 3.05) is 5.32 Å². The molecule has 0 aliphatic heterocycles. The molecule has 1 aliphatic rings. The van der Waals surface area contributed by atoms with E-state index in [1.54, 1.807) is 25.2 Å². The molecule has 1 atom stereocenters. The minimum atomic E-state index is -2.60. The number of furan rings is 1. The Kier molecular flexibility index (Phi) is 6.00.